The smallest absolute Gasteiger partial charge is 0.0928 e. The second kappa shape index (κ2) is 5.12. The number of aliphatic hydroxyl groups excluding tert-OH is 1. The van der Waals surface area contributed by atoms with E-state index >= 15 is 0 Å². The highest BCUT2D eigenvalue weighted by Gasteiger charge is 2.42. The summed E-state index contributed by atoms with van der Waals surface area (Å²) >= 11 is 3.59. The summed E-state index contributed by atoms with van der Waals surface area (Å²) in [5.74, 6) is 2.62. The zero-order valence-corrected chi connectivity index (χ0v) is 12.2. The molecule has 1 N–H and O–H groups in total. The molecule has 1 spiro atoms. The number of thioether (sulfide) groups is 1. The van der Waals surface area contributed by atoms with E-state index in [-0.39, 0.29) is 11.7 Å². The van der Waals surface area contributed by atoms with Crippen molar-refractivity contribution in [2.24, 2.45) is 5.92 Å². The lowest BCUT2D eigenvalue weighted by atomic mass is 9.82. The molecule has 1 aromatic heterocycles. The van der Waals surface area contributed by atoms with Gasteiger partial charge >= 0.3 is 0 Å². The third-order valence-electron chi connectivity index (χ3n) is 3.98. The molecule has 0 saturated carbocycles. The average Bonchev–Trinajstić information content (AvgIpc) is 2.98. The molecule has 3 unspecified atom stereocenters. The Kier molecular flexibility index (Phi) is 3.67. The van der Waals surface area contributed by atoms with Gasteiger partial charge in [0.15, 0.2) is 0 Å². The van der Waals surface area contributed by atoms with Gasteiger partial charge in [-0.2, -0.15) is 11.8 Å². The number of thiazole rings is 1. The van der Waals surface area contributed by atoms with E-state index in [0.717, 1.165) is 41.5 Å². The molecule has 3 heterocycles. The molecule has 0 aromatic carbocycles. The van der Waals surface area contributed by atoms with Crippen molar-refractivity contribution in [3.05, 3.63) is 16.1 Å². The van der Waals surface area contributed by atoms with Crippen LogP contribution in [-0.4, -0.2) is 33.8 Å². The summed E-state index contributed by atoms with van der Waals surface area (Å²) in [6, 6.07) is 0. The zero-order valence-electron chi connectivity index (χ0n) is 10.6. The zero-order chi connectivity index (χ0) is 12.6. The van der Waals surface area contributed by atoms with E-state index in [4.69, 9.17) is 4.74 Å². The first-order valence-corrected chi connectivity index (χ1v) is 8.48. The minimum atomic E-state index is -0.359. The summed E-state index contributed by atoms with van der Waals surface area (Å²) in [4.78, 5) is 5.26. The number of aromatic nitrogens is 1. The summed E-state index contributed by atoms with van der Waals surface area (Å²) in [6.45, 7) is 2.78. The Morgan fingerprint density at radius 3 is 3.17 bits per heavy atom. The quantitative estimate of drug-likeness (QED) is 0.907. The first kappa shape index (κ1) is 12.9. The topological polar surface area (TPSA) is 42.4 Å². The van der Waals surface area contributed by atoms with Crippen LogP contribution in [0.4, 0.5) is 0 Å². The Bertz CT molecular complexity index is 415. The molecule has 5 heteroatoms. The highest BCUT2D eigenvalue weighted by atomic mass is 32.2. The molecule has 0 radical (unpaired) electrons. The molecule has 3 atom stereocenters. The van der Waals surface area contributed by atoms with Gasteiger partial charge in [0.05, 0.1) is 21.6 Å². The van der Waals surface area contributed by atoms with Crippen molar-refractivity contribution in [1.82, 2.24) is 4.98 Å². The lowest BCUT2D eigenvalue weighted by Crippen LogP contribution is -2.41. The van der Waals surface area contributed by atoms with Crippen LogP contribution in [0.15, 0.2) is 6.20 Å². The SMILES string of the molecule is Cc1ncc(C(O)C2CCOC3(CCSC3)C2)s1. The first-order chi connectivity index (χ1) is 8.69. The van der Waals surface area contributed by atoms with E-state index in [1.54, 1.807) is 11.3 Å². The number of aryl methyl sites for hydroxylation is 1. The van der Waals surface area contributed by atoms with Crippen LogP contribution < -0.4 is 0 Å². The van der Waals surface area contributed by atoms with E-state index in [9.17, 15) is 5.11 Å². The number of hydrogen-bond acceptors (Lipinski definition) is 5. The van der Waals surface area contributed by atoms with Crippen LogP contribution in [0.3, 0.4) is 0 Å². The molecule has 3 nitrogen and oxygen atoms in total. The maximum absolute atomic E-state index is 10.5. The van der Waals surface area contributed by atoms with Gasteiger partial charge in [0.2, 0.25) is 0 Å². The Morgan fingerprint density at radius 1 is 1.61 bits per heavy atom. The van der Waals surface area contributed by atoms with Crippen molar-refractivity contribution in [2.45, 2.75) is 37.9 Å². The fraction of sp³-hybridized carbons (Fsp3) is 0.769. The van der Waals surface area contributed by atoms with Gasteiger partial charge in [-0.05, 0) is 37.9 Å². The largest absolute Gasteiger partial charge is 0.387 e. The molecule has 0 aliphatic carbocycles. The van der Waals surface area contributed by atoms with E-state index in [1.165, 1.54) is 5.75 Å². The normalized spacial score (nSPS) is 34.0. The van der Waals surface area contributed by atoms with Gasteiger partial charge in [0.25, 0.3) is 0 Å². The number of rotatable bonds is 2. The van der Waals surface area contributed by atoms with Gasteiger partial charge in [-0.15, -0.1) is 11.3 Å². The van der Waals surface area contributed by atoms with Crippen molar-refractivity contribution in [2.75, 3.05) is 18.1 Å². The van der Waals surface area contributed by atoms with Gasteiger partial charge in [-0.1, -0.05) is 0 Å². The van der Waals surface area contributed by atoms with Crippen LogP contribution in [0.5, 0.6) is 0 Å². The van der Waals surface area contributed by atoms with E-state index in [1.807, 2.05) is 24.9 Å². The monoisotopic (exact) mass is 285 g/mol. The Labute approximate surface area is 116 Å². The number of nitrogens with zero attached hydrogens (tertiary/aromatic N) is 1. The van der Waals surface area contributed by atoms with Crippen LogP contribution in [0.25, 0.3) is 0 Å². The second-order valence-electron chi connectivity index (χ2n) is 5.31. The van der Waals surface area contributed by atoms with Gasteiger partial charge in [-0.25, -0.2) is 4.98 Å². The predicted octanol–water partition coefficient (Wildman–Crippen LogP) is 2.79. The molecule has 2 fully saturated rings. The van der Waals surface area contributed by atoms with Crippen molar-refractivity contribution in [1.29, 1.82) is 0 Å². The number of aliphatic hydroxyl groups is 1. The van der Waals surface area contributed by atoms with Gasteiger partial charge in [-0.3, -0.25) is 0 Å². The fourth-order valence-corrected chi connectivity index (χ4v) is 5.19. The first-order valence-electron chi connectivity index (χ1n) is 6.51. The molecule has 2 aliphatic heterocycles. The maximum atomic E-state index is 10.5. The lowest BCUT2D eigenvalue weighted by Gasteiger charge is -2.39. The Balaban J connectivity index is 1.72. The standard InChI is InChI=1S/C13H19NO2S2/c1-9-14-7-11(18-9)12(15)10-2-4-16-13(6-10)3-5-17-8-13/h7,10,12,15H,2-6,8H2,1H3. The molecule has 2 aliphatic rings. The van der Waals surface area contributed by atoms with Crippen molar-refractivity contribution in [3.63, 3.8) is 0 Å². The Hall–Kier alpha value is -0.100. The van der Waals surface area contributed by atoms with Crippen LogP contribution in [0.1, 0.15) is 35.3 Å². The van der Waals surface area contributed by atoms with E-state index in [0.29, 0.717) is 5.92 Å². The predicted molar refractivity (Wildman–Crippen MR) is 75.2 cm³/mol. The summed E-state index contributed by atoms with van der Waals surface area (Å²) in [5.41, 5.74) is 0.0499. The molecule has 2 saturated heterocycles. The van der Waals surface area contributed by atoms with Crippen LogP contribution in [-0.2, 0) is 4.74 Å². The minimum absolute atomic E-state index is 0.0499. The van der Waals surface area contributed by atoms with Crippen molar-refractivity contribution < 1.29 is 9.84 Å². The fourth-order valence-electron chi connectivity index (χ4n) is 2.95. The highest BCUT2D eigenvalue weighted by molar-refractivity contribution is 7.99. The number of ether oxygens (including phenoxy) is 1. The molecular formula is C13H19NO2S2. The van der Waals surface area contributed by atoms with Crippen LogP contribution in [0, 0.1) is 12.8 Å². The number of hydrogen-bond donors (Lipinski definition) is 1. The van der Waals surface area contributed by atoms with Crippen molar-refractivity contribution >= 4 is 23.1 Å². The van der Waals surface area contributed by atoms with Crippen molar-refractivity contribution in [3.8, 4) is 0 Å². The third kappa shape index (κ3) is 2.46. The molecular weight excluding hydrogens is 266 g/mol. The highest BCUT2D eigenvalue weighted by Crippen LogP contribution is 2.44. The van der Waals surface area contributed by atoms with E-state index < -0.39 is 0 Å². The molecule has 18 heavy (non-hydrogen) atoms. The molecule has 1 aromatic rings. The molecule has 0 bridgehead atoms. The Morgan fingerprint density at radius 2 is 2.50 bits per heavy atom. The summed E-state index contributed by atoms with van der Waals surface area (Å²) in [6.07, 6.45) is 4.57. The summed E-state index contributed by atoms with van der Waals surface area (Å²) in [7, 11) is 0. The van der Waals surface area contributed by atoms with Crippen LogP contribution >= 0.6 is 23.1 Å². The molecule has 100 valence electrons. The average molecular weight is 285 g/mol. The minimum Gasteiger partial charge on any atom is -0.387 e. The molecule has 0 amide bonds. The van der Waals surface area contributed by atoms with Crippen LogP contribution in [0.2, 0.25) is 0 Å². The summed E-state index contributed by atoms with van der Waals surface area (Å²) in [5, 5.41) is 11.5. The second-order valence-corrected chi connectivity index (χ2v) is 7.68. The van der Waals surface area contributed by atoms with Gasteiger partial charge in [0.1, 0.15) is 0 Å². The summed E-state index contributed by atoms with van der Waals surface area (Å²) < 4.78 is 6.00. The van der Waals surface area contributed by atoms with E-state index in [2.05, 4.69) is 4.98 Å². The lowest BCUT2D eigenvalue weighted by molar-refractivity contribution is -0.101. The molecule has 3 rings (SSSR count). The van der Waals surface area contributed by atoms with Gasteiger partial charge in [0, 0.05) is 18.6 Å². The van der Waals surface area contributed by atoms with Gasteiger partial charge < -0.3 is 9.84 Å². The maximum Gasteiger partial charge on any atom is 0.0928 e. The third-order valence-corrected chi connectivity index (χ3v) is 6.18.